The molecule has 0 unspecified atom stereocenters. The first-order chi connectivity index (χ1) is 6.45. The molecule has 5 nitrogen and oxygen atoms in total. The second-order valence-corrected chi connectivity index (χ2v) is 4.95. The Morgan fingerprint density at radius 2 is 1.86 bits per heavy atom. The predicted octanol–water partition coefficient (Wildman–Crippen LogP) is 0.464. The van der Waals surface area contributed by atoms with Crippen LogP contribution in [0.2, 0.25) is 0 Å². The second kappa shape index (κ2) is 5.58. The van der Waals surface area contributed by atoms with Crippen LogP contribution in [0.25, 0.3) is 0 Å². The zero-order valence-corrected chi connectivity index (χ0v) is 9.08. The van der Waals surface area contributed by atoms with Gasteiger partial charge in [-0.05, 0) is 13.8 Å². The van der Waals surface area contributed by atoms with E-state index in [4.69, 9.17) is 10.5 Å². The lowest BCUT2D eigenvalue weighted by atomic mass is 10.3. The molecule has 0 saturated carbocycles. The van der Waals surface area contributed by atoms with Crippen molar-refractivity contribution in [1.82, 2.24) is 4.31 Å². The highest BCUT2D eigenvalue weighted by Crippen LogP contribution is 2.07. The van der Waals surface area contributed by atoms with E-state index >= 15 is 0 Å². The third-order valence-electron chi connectivity index (χ3n) is 1.62. The SMILES string of the molecule is CC(C)N(CCC#N)S(=O)(=O)CC#N. The van der Waals surface area contributed by atoms with Gasteiger partial charge in [-0.25, -0.2) is 8.42 Å². The van der Waals surface area contributed by atoms with Crippen LogP contribution in [0.1, 0.15) is 20.3 Å². The standard InChI is InChI=1S/C8H13N3O2S/c1-8(2)11(6-3-4-9)14(12,13)7-5-10/h8H,3,6-7H2,1-2H3. The highest BCUT2D eigenvalue weighted by molar-refractivity contribution is 7.89. The van der Waals surface area contributed by atoms with Gasteiger partial charge in [0, 0.05) is 19.0 Å². The molecule has 0 bridgehead atoms. The van der Waals surface area contributed by atoms with Gasteiger partial charge in [0.1, 0.15) is 0 Å². The van der Waals surface area contributed by atoms with Gasteiger partial charge in [0.2, 0.25) is 10.0 Å². The molecule has 0 aromatic rings. The quantitative estimate of drug-likeness (QED) is 0.667. The molecule has 78 valence electrons. The molecule has 0 atom stereocenters. The first-order valence-electron chi connectivity index (χ1n) is 4.19. The molecule has 0 rings (SSSR count). The summed E-state index contributed by atoms with van der Waals surface area (Å²) in [5.41, 5.74) is 0. The average Bonchev–Trinajstić information content (AvgIpc) is 2.03. The van der Waals surface area contributed by atoms with Crippen molar-refractivity contribution in [1.29, 1.82) is 10.5 Å². The van der Waals surface area contributed by atoms with Crippen molar-refractivity contribution in [2.75, 3.05) is 12.3 Å². The van der Waals surface area contributed by atoms with Crippen molar-refractivity contribution in [2.45, 2.75) is 26.3 Å². The van der Waals surface area contributed by atoms with Crippen molar-refractivity contribution in [2.24, 2.45) is 0 Å². The fraction of sp³-hybridized carbons (Fsp3) is 0.750. The maximum absolute atomic E-state index is 11.5. The number of hydrogen-bond donors (Lipinski definition) is 0. The van der Waals surface area contributed by atoms with Crippen molar-refractivity contribution >= 4 is 10.0 Å². The summed E-state index contributed by atoms with van der Waals surface area (Å²) >= 11 is 0. The van der Waals surface area contributed by atoms with E-state index in [2.05, 4.69) is 0 Å². The highest BCUT2D eigenvalue weighted by atomic mass is 32.2. The molecular weight excluding hydrogens is 202 g/mol. The first kappa shape index (κ1) is 12.9. The summed E-state index contributed by atoms with van der Waals surface area (Å²) in [7, 11) is -3.52. The molecule has 0 spiro atoms. The Kier molecular flexibility index (Phi) is 5.14. The minimum absolute atomic E-state index is 0.142. The van der Waals surface area contributed by atoms with Crippen molar-refractivity contribution in [3.8, 4) is 12.1 Å². The van der Waals surface area contributed by atoms with Gasteiger partial charge in [-0.15, -0.1) is 0 Å². The number of sulfonamides is 1. The molecule has 0 saturated heterocycles. The fourth-order valence-electron chi connectivity index (χ4n) is 1.04. The second-order valence-electron chi connectivity index (χ2n) is 3.03. The van der Waals surface area contributed by atoms with E-state index in [0.717, 1.165) is 0 Å². The Morgan fingerprint density at radius 1 is 1.29 bits per heavy atom. The highest BCUT2D eigenvalue weighted by Gasteiger charge is 2.23. The summed E-state index contributed by atoms with van der Waals surface area (Å²) in [6.45, 7) is 3.58. The van der Waals surface area contributed by atoms with Crippen LogP contribution in [-0.2, 0) is 10.0 Å². The Labute approximate surface area is 84.6 Å². The lowest BCUT2D eigenvalue weighted by Crippen LogP contribution is -2.38. The van der Waals surface area contributed by atoms with Gasteiger partial charge < -0.3 is 0 Å². The number of nitrogens with zero attached hydrogens (tertiary/aromatic N) is 3. The van der Waals surface area contributed by atoms with Crippen LogP contribution in [0.4, 0.5) is 0 Å². The van der Waals surface area contributed by atoms with E-state index in [-0.39, 0.29) is 19.0 Å². The topological polar surface area (TPSA) is 85.0 Å². The Morgan fingerprint density at radius 3 is 2.21 bits per heavy atom. The van der Waals surface area contributed by atoms with E-state index in [1.54, 1.807) is 19.9 Å². The Balaban J connectivity index is 4.68. The van der Waals surface area contributed by atoms with Gasteiger partial charge in [-0.3, -0.25) is 0 Å². The summed E-state index contributed by atoms with van der Waals surface area (Å²) in [4.78, 5) is 0. The molecule has 0 fully saturated rings. The molecule has 0 aliphatic rings. The van der Waals surface area contributed by atoms with Gasteiger partial charge in [0.15, 0.2) is 5.75 Å². The molecule has 6 heteroatoms. The van der Waals surface area contributed by atoms with Crippen LogP contribution >= 0.6 is 0 Å². The summed E-state index contributed by atoms with van der Waals surface area (Å²) in [6.07, 6.45) is 0.142. The Bertz CT molecular complexity index is 348. The van der Waals surface area contributed by atoms with E-state index in [9.17, 15) is 8.42 Å². The minimum Gasteiger partial charge on any atom is -0.211 e. The van der Waals surface area contributed by atoms with Crippen molar-refractivity contribution in [3.63, 3.8) is 0 Å². The fourth-order valence-corrected chi connectivity index (χ4v) is 2.38. The normalized spacial score (nSPS) is 11.3. The summed E-state index contributed by atoms with van der Waals surface area (Å²) in [6, 6.07) is 3.26. The minimum atomic E-state index is -3.52. The smallest absolute Gasteiger partial charge is 0.211 e. The lowest BCUT2D eigenvalue weighted by Gasteiger charge is -2.23. The van der Waals surface area contributed by atoms with Gasteiger partial charge in [-0.1, -0.05) is 0 Å². The maximum atomic E-state index is 11.5. The number of hydrogen-bond acceptors (Lipinski definition) is 4. The summed E-state index contributed by atoms with van der Waals surface area (Å²) in [5.74, 6) is -0.531. The average molecular weight is 215 g/mol. The van der Waals surface area contributed by atoms with Crippen LogP contribution in [0.15, 0.2) is 0 Å². The Hall–Kier alpha value is -1.11. The van der Waals surface area contributed by atoms with Crippen molar-refractivity contribution in [3.05, 3.63) is 0 Å². The largest absolute Gasteiger partial charge is 0.227 e. The van der Waals surface area contributed by atoms with Gasteiger partial charge in [-0.2, -0.15) is 14.8 Å². The lowest BCUT2D eigenvalue weighted by molar-refractivity contribution is 0.362. The third kappa shape index (κ3) is 3.73. The van der Waals surface area contributed by atoms with Gasteiger partial charge in [0.25, 0.3) is 0 Å². The molecule has 0 heterocycles. The molecule has 0 radical (unpaired) electrons. The van der Waals surface area contributed by atoms with Crippen LogP contribution in [-0.4, -0.2) is 31.1 Å². The molecule has 0 aliphatic heterocycles. The van der Waals surface area contributed by atoms with E-state index in [0.29, 0.717) is 0 Å². The third-order valence-corrected chi connectivity index (χ3v) is 3.44. The van der Waals surface area contributed by atoms with Crippen LogP contribution in [0.5, 0.6) is 0 Å². The monoisotopic (exact) mass is 215 g/mol. The van der Waals surface area contributed by atoms with Crippen LogP contribution in [0, 0.1) is 22.7 Å². The van der Waals surface area contributed by atoms with Crippen LogP contribution in [0.3, 0.4) is 0 Å². The summed E-state index contributed by atoms with van der Waals surface area (Å²) < 4.78 is 24.1. The molecule has 0 aliphatic carbocycles. The molecule has 0 aromatic heterocycles. The van der Waals surface area contributed by atoms with Crippen LogP contribution < -0.4 is 0 Å². The summed E-state index contributed by atoms with van der Waals surface area (Å²) in [5, 5.41) is 16.7. The predicted molar refractivity (Wildman–Crippen MR) is 51.5 cm³/mol. The number of rotatable bonds is 5. The van der Waals surface area contributed by atoms with E-state index in [1.807, 2.05) is 6.07 Å². The van der Waals surface area contributed by atoms with Crippen molar-refractivity contribution < 1.29 is 8.42 Å². The zero-order valence-electron chi connectivity index (χ0n) is 8.27. The molecule has 0 amide bonds. The molecule has 0 aromatic carbocycles. The van der Waals surface area contributed by atoms with Gasteiger partial charge >= 0.3 is 0 Å². The van der Waals surface area contributed by atoms with E-state index in [1.165, 1.54) is 4.31 Å². The van der Waals surface area contributed by atoms with Gasteiger partial charge in [0.05, 0.1) is 12.1 Å². The first-order valence-corrected chi connectivity index (χ1v) is 5.80. The zero-order chi connectivity index (χ0) is 11.2. The van der Waals surface area contributed by atoms with E-state index < -0.39 is 15.8 Å². The molecular formula is C8H13N3O2S. The molecule has 14 heavy (non-hydrogen) atoms. The maximum Gasteiger partial charge on any atom is 0.227 e. The number of nitriles is 2. The molecule has 0 N–H and O–H groups in total.